The Bertz CT molecular complexity index is 385. The maximum atomic E-state index is 10.7. The van der Waals surface area contributed by atoms with Crippen molar-refractivity contribution < 1.29 is 9.66 Å². The van der Waals surface area contributed by atoms with Crippen molar-refractivity contribution in [2.24, 2.45) is 0 Å². The molecule has 15 heavy (non-hydrogen) atoms. The first-order valence-electron chi connectivity index (χ1n) is 4.42. The highest BCUT2D eigenvalue weighted by Gasteiger charge is 2.20. The highest BCUT2D eigenvalue weighted by Crippen LogP contribution is 2.32. The van der Waals surface area contributed by atoms with E-state index in [0.29, 0.717) is 5.02 Å². The summed E-state index contributed by atoms with van der Waals surface area (Å²) in [4.78, 5) is 10.2. The number of nitro groups is 1. The van der Waals surface area contributed by atoms with Gasteiger partial charge in [-0.3, -0.25) is 10.1 Å². The molecule has 0 aliphatic heterocycles. The lowest BCUT2D eigenvalue weighted by Crippen LogP contribution is -2.23. The number of hydrogen-bond acceptors (Lipinski definition) is 3. The van der Waals surface area contributed by atoms with Crippen molar-refractivity contribution in [3.63, 3.8) is 0 Å². The van der Waals surface area contributed by atoms with Crippen molar-refractivity contribution in [3.05, 3.63) is 33.3 Å². The zero-order valence-corrected chi connectivity index (χ0v) is 9.54. The van der Waals surface area contributed by atoms with E-state index in [4.69, 9.17) is 16.3 Å². The summed E-state index contributed by atoms with van der Waals surface area (Å²) < 4.78 is 5.45. The smallest absolute Gasteiger partial charge is 0.311 e. The van der Waals surface area contributed by atoms with Crippen molar-refractivity contribution in [3.8, 4) is 5.75 Å². The minimum atomic E-state index is -0.491. The molecule has 0 saturated heterocycles. The highest BCUT2D eigenvalue weighted by molar-refractivity contribution is 6.30. The zero-order chi connectivity index (χ0) is 11.6. The van der Waals surface area contributed by atoms with E-state index in [2.05, 4.69) is 0 Å². The predicted molar refractivity (Wildman–Crippen MR) is 58.5 cm³/mol. The van der Waals surface area contributed by atoms with Gasteiger partial charge in [-0.05, 0) is 26.8 Å². The predicted octanol–water partition coefficient (Wildman–Crippen LogP) is 3.43. The number of ether oxygens (including phenoxy) is 1. The number of benzene rings is 1. The number of nitrogens with zero attached hydrogens (tertiary/aromatic N) is 1. The van der Waals surface area contributed by atoms with Gasteiger partial charge in [0.1, 0.15) is 5.60 Å². The van der Waals surface area contributed by atoms with Gasteiger partial charge in [0.05, 0.1) is 4.92 Å². The molecular formula is C10H12ClNO3. The summed E-state index contributed by atoms with van der Waals surface area (Å²) >= 11 is 5.75. The van der Waals surface area contributed by atoms with Gasteiger partial charge in [0.15, 0.2) is 5.75 Å². The van der Waals surface area contributed by atoms with E-state index >= 15 is 0 Å². The Morgan fingerprint density at radius 2 is 2.00 bits per heavy atom. The van der Waals surface area contributed by atoms with Gasteiger partial charge in [-0.2, -0.15) is 0 Å². The summed E-state index contributed by atoms with van der Waals surface area (Å²) in [6.45, 7) is 5.45. The molecule has 4 nitrogen and oxygen atoms in total. The van der Waals surface area contributed by atoms with Crippen molar-refractivity contribution in [1.82, 2.24) is 0 Å². The Kier molecular flexibility index (Phi) is 3.19. The van der Waals surface area contributed by atoms with Gasteiger partial charge >= 0.3 is 5.69 Å². The van der Waals surface area contributed by atoms with Gasteiger partial charge in [-0.15, -0.1) is 0 Å². The van der Waals surface area contributed by atoms with E-state index in [-0.39, 0.29) is 11.4 Å². The lowest BCUT2D eigenvalue weighted by Gasteiger charge is -2.20. The second kappa shape index (κ2) is 4.06. The van der Waals surface area contributed by atoms with Crippen LogP contribution in [0.3, 0.4) is 0 Å². The molecule has 0 amide bonds. The Morgan fingerprint density at radius 3 is 2.47 bits per heavy atom. The normalized spacial score (nSPS) is 11.2. The van der Waals surface area contributed by atoms with Gasteiger partial charge < -0.3 is 4.74 Å². The third kappa shape index (κ3) is 3.40. The molecule has 0 aliphatic rings. The summed E-state index contributed by atoms with van der Waals surface area (Å²) in [5.41, 5.74) is -0.565. The van der Waals surface area contributed by atoms with Gasteiger partial charge in [-0.1, -0.05) is 11.6 Å². The van der Waals surface area contributed by atoms with Crippen LogP contribution in [0.5, 0.6) is 5.75 Å². The van der Waals surface area contributed by atoms with Crippen LogP contribution in [-0.4, -0.2) is 10.5 Å². The van der Waals surface area contributed by atoms with E-state index < -0.39 is 10.5 Å². The molecule has 0 N–H and O–H groups in total. The fourth-order valence-electron chi connectivity index (χ4n) is 1.05. The largest absolute Gasteiger partial charge is 0.481 e. The average Bonchev–Trinajstić information content (AvgIpc) is 1.99. The van der Waals surface area contributed by atoms with Crippen molar-refractivity contribution in [2.45, 2.75) is 26.4 Å². The Morgan fingerprint density at radius 1 is 1.40 bits per heavy atom. The van der Waals surface area contributed by atoms with E-state index in [9.17, 15) is 10.1 Å². The van der Waals surface area contributed by atoms with E-state index in [0.717, 1.165) is 0 Å². The summed E-state index contributed by atoms with van der Waals surface area (Å²) in [5.74, 6) is 0.194. The molecule has 0 radical (unpaired) electrons. The Hall–Kier alpha value is -1.29. The maximum absolute atomic E-state index is 10.7. The third-order valence-electron chi connectivity index (χ3n) is 1.53. The summed E-state index contributed by atoms with van der Waals surface area (Å²) in [6.07, 6.45) is 0. The molecule has 82 valence electrons. The monoisotopic (exact) mass is 229 g/mol. The fourth-order valence-corrected chi connectivity index (χ4v) is 1.21. The molecule has 0 spiro atoms. The van der Waals surface area contributed by atoms with Crippen LogP contribution >= 0.6 is 11.6 Å². The van der Waals surface area contributed by atoms with Crippen LogP contribution in [0.2, 0.25) is 5.02 Å². The molecule has 0 unspecified atom stereocenters. The second-order valence-electron chi connectivity index (χ2n) is 4.08. The molecule has 0 fully saturated rings. The molecule has 0 bridgehead atoms. The Balaban J connectivity index is 3.13. The molecule has 0 aromatic heterocycles. The minimum Gasteiger partial charge on any atom is -0.481 e. The molecule has 0 atom stereocenters. The highest BCUT2D eigenvalue weighted by atomic mass is 35.5. The van der Waals surface area contributed by atoms with Gasteiger partial charge in [0.25, 0.3) is 0 Å². The Labute approximate surface area is 93.0 Å². The number of hydrogen-bond donors (Lipinski definition) is 0. The van der Waals surface area contributed by atoms with Crippen LogP contribution in [0.1, 0.15) is 20.8 Å². The third-order valence-corrected chi connectivity index (χ3v) is 1.77. The molecule has 5 heteroatoms. The molecule has 1 aromatic rings. The van der Waals surface area contributed by atoms with E-state index in [1.165, 1.54) is 18.2 Å². The zero-order valence-electron chi connectivity index (χ0n) is 8.78. The van der Waals surface area contributed by atoms with Crippen LogP contribution in [0.15, 0.2) is 18.2 Å². The number of nitro benzene ring substituents is 1. The van der Waals surface area contributed by atoms with Crippen molar-refractivity contribution in [1.29, 1.82) is 0 Å². The molecule has 1 rings (SSSR count). The van der Waals surface area contributed by atoms with E-state index in [1.54, 1.807) is 0 Å². The summed E-state index contributed by atoms with van der Waals surface area (Å²) in [7, 11) is 0. The first-order chi connectivity index (χ1) is 6.79. The van der Waals surface area contributed by atoms with Gasteiger partial charge in [0.2, 0.25) is 0 Å². The fraction of sp³-hybridized carbons (Fsp3) is 0.400. The van der Waals surface area contributed by atoms with Crippen molar-refractivity contribution >= 4 is 17.3 Å². The molecule has 0 saturated carbocycles. The maximum Gasteiger partial charge on any atom is 0.311 e. The van der Waals surface area contributed by atoms with Crippen LogP contribution < -0.4 is 4.74 Å². The SMILES string of the molecule is CC(C)(C)Oc1cc(Cl)ccc1[N+](=O)[O-]. The van der Waals surface area contributed by atoms with E-state index in [1.807, 2.05) is 20.8 Å². The molecule has 1 aromatic carbocycles. The molecule has 0 aliphatic carbocycles. The number of halogens is 1. The standard InChI is InChI=1S/C10H12ClNO3/c1-10(2,3)15-9-6-7(11)4-5-8(9)12(13)14/h4-6H,1-3H3. The van der Waals surface area contributed by atoms with Crippen LogP contribution in [-0.2, 0) is 0 Å². The van der Waals surface area contributed by atoms with Crippen LogP contribution in [0, 0.1) is 10.1 Å². The lowest BCUT2D eigenvalue weighted by atomic mass is 10.2. The second-order valence-corrected chi connectivity index (χ2v) is 4.52. The summed E-state index contributed by atoms with van der Waals surface area (Å²) in [6, 6.07) is 4.25. The summed E-state index contributed by atoms with van der Waals surface area (Å²) in [5, 5.41) is 11.1. The number of rotatable bonds is 2. The van der Waals surface area contributed by atoms with Crippen molar-refractivity contribution in [2.75, 3.05) is 0 Å². The molecule has 0 heterocycles. The molecular weight excluding hydrogens is 218 g/mol. The first-order valence-corrected chi connectivity index (χ1v) is 4.80. The van der Waals surface area contributed by atoms with Gasteiger partial charge in [-0.25, -0.2) is 0 Å². The topological polar surface area (TPSA) is 52.4 Å². The van der Waals surface area contributed by atoms with Crippen LogP contribution in [0.25, 0.3) is 0 Å². The minimum absolute atomic E-state index is 0.0747. The van der Waals surface area contributed by atoms with Crippen LogP contribution in [0.4, 0.5) is 5.69 Å². The van der Waals surface area contributed by atoms with Gasteiger partial charge in [0, 0.05) is 17.2 Å². The first kappa shape index (κ1) is 11.8. The average molecular weight is 230 g/mol. The lowest BCUT2D eigenvalue weighted by molar-refractivity contribution is -0.386. The quantitative estimate of drug-likeness (QED) is 0.577.